The lowest BCUT2D eigenvalue weighted by Gasteiger charge is -2.18. The number of unbranched alkanes of at least 4 members (excludes halogenated alkanes) is 41. The molecule has 0 aliphatic rings. The van der Waals surface area contributed by atoms with Crippen molar-refractivity contribution in [3.8, 4) is 0 Å². The molecule has 0 aliphatic carbocycles. The highest BCUT2D eigenvalue weighted by molar-refractivity contribution is 5.71. The highest BCUT2D eigenvalue weighted by atomic mass is 16.6. The summed E-state index contributed by atoms with van der Waals surface area (Å²) in [6.45, 7) is 6.55. The lowest BCUT2D eigenvalue weighted by molar-refractivity contribution is -0.167. The van der Waals surface area contributed by atoms with E-state index in [0.717, 1.165) is 89.9 Å². The van der Waals surface area contributed by atoms with Crippen molar-refractivity contribution >= 4 is 17.9 Å². The number of ether oxygens (including phenoxy) is 3. The molecule has 0 heterocycles. The van der Waals surface area contributed by atoms with Crippen LogP contribution in [0.25, 0.3) is 0 Å². The van der Waals surface area contributed by atoms with Crippen molar-refractivity contribution in [1.82, 2.24) is 0 Å². The van der Waals surface area contributed by atoms with Crippen molar-refractivity contribution in [2.75, 3.05) is 13.2 Å². The van der Waals surface area contributed by atoms with E-state index in [0.29, 0.717) is 19.3 Å². The first kappa shape index (κ1) is 76.9. The molecule has 0 bridgehead atoms. The SMILES string of the molecule is CC/C=C\C/C=C\C/C=C\C/C=C\CCCCCCCCCCCCCCCCCCCCC(=O)OCC(COC(=O)CCCCCCCCCCCCCC)OC(=O)CCCCCCCCCCC/C=C\C/C=C\CCCCC. The van der Waals surface area contributed by atoms with Crippen LogP contribution in [0.5, 0.6) is 0 Å². The van der Waals surface area contributed by atoms with Crippen LogP contribution in [0.4, 0.5) is 0 Å². The predicted octanol–water partition coefficient (Wildman–Crippen LogP) is 24.1. The Balaban J connectivity index is 4.17. The molecule has 0 fully saturated rings. The summed E-state index contributed by atoms with van der Waals surface area (Å²) in [6, 6.07) is 0. The summed E-state index contributed by atoms with van der Waals surface area (Å²) < 4.78 is 17.0. The predicted molar refractivity (Wildman–Crippen MR) is 348 cm³/mol. The van der Waals surface area contributed by atoms with Crippen molar-refractivity contribution in [2.24, 2.45) is 0 Å². The first-order chi connectivity index (χ1) is 39.5. The molecule has 0 aliphatic heterocycles. The van der Waals surface area contributed by atoms with Gasteiger partial charge in [0.25, 0.3) is 0 Å². The van der Waals surface area contributed by atoms with Crippen LogP contribution >= 0.6 is 0 Å². The van der Waals surface area contributed by atoms with Crippen molar-refractivity contribution in [3.63, 3.8) is 0 Å². The van der Waals surface area contributed by atoms with E-state index in [1.165, 1.54) is 231 Å². The first-order valence-corrected chi connectivity index (χ1v) is 34.9. The van der Waals surface area contributed by atoms with Gasteiger partial charge in [0.15, 0.2) is 6.10 Å². The third kappa shape index (κ3) is 65.7. The Labute approximate surface area is 497 Å². The molecule has 6 nitrogen and oxygen atoms in total. The topological polar surface area (TPSA) is 78.9 Å². The number of esters is 3. The fourth-order valence-corrected chi connectivity index (χ4v) is 10.2. The second-order valence-corrected chi connectivity index (χ2v) is 23.4. The van der Waals surface area contributed by atoms with Crippen LogP contribution < -0.4 is 0 Å². The van der Waals surface area contributed by atoms with E-state index in [-0.39, 0.29) is 31.1 Å². The maximum absolute atomic E-state index is 12.9. The Kier molecular flexibility index (Phi) is 65.7. The zero-order valence-electron chi connectivity index (χ0n) is 53.3. The van der Waals surface area contributed by atoms with Crippen molar-refractivity contribution in [2.45, 2.75) is 367 Å². The van der Waals surface area contributed by atoms with Gasteiger partial charge in [-0.2, -0.15) is 0 Å². The lowest BCUT2D eigenvalue weighted by Crippen LogP contribution is -2.30. The van der Waals surface area contributed by atoms with Gasteiger partial charge in [-0.15, -0.1) is 0 Å². The Morgan fingerprint density at radius 3 is 0.787 bits per heavy atom. The van der Waals surface area contributed by atoms with Gasteiger partial charge in [-0.05, 0) is 89.9 Å². The van der Waals surface area contributed by atoms with Crippen LogP contribution in [0, 0.1) is 0 Å². The molecule has 6 heteroatoms. The van der Waals surface area contributed by atoms with Crippen molar-refractivity contribution in [3.05, 3.63) is 72.9 Å². The molecule has 1 atom stereocenters. The van der Waals surface area contributed by atoms with Crippen LogP contribution in [0.15, 0.2) is 72.9 Å². The number of carbonyl (C=O) groups excluding carboxylic acids is 3. The van der Waals surface area contributed by atoms with Gasteiger partial charge in [-0.25, -0.2) is 0 Å². The zero-order valence-corrected chi connectivity index (χ0v) is 53.3. The van der Waals surface area contributed by atoms with Crippen LogP contribution in [0.3, 0.4) is 0 Å². The maximum atomic E-state index is 12.9. The van der Waals surface area contributed by atoms with Gasteiger partial charge < -0.3 is 14.2 Å². The van der Waals surface area contributed by atoms with E-state index in [9.17, 15) is 14.4 Å². The standard InChI is InChI=1S/C74H132O6/c1-4-7-10-13-16-19-22-25-27-29-31-32-33-34-35-36-37-38-39-40-41-42-44-45-47-49-52-55-58-61-64-67-73(76)79-70-71(69-78-72(75)66-63-60-57-54-51-24-21-18-15-12-9-6-3)80-74(77)68-65-62-59-56-53-50-48-46-43-30-28-26-23-20-17-14-11-8-5-2/h7,10,16-17,19-20,25-28,31-32,71H,4-6,8-9,11-15,18,21-24,29-30,33-70H2,1-3H3/b10-7-,19-16-,20-17-,27-25-,28-26-,32-31-. The summed E-state index contributed by atoms with van der Waals surface area (Å²) in [5.41, 5.74) is 0. The second kappa shape index (κ2) is 68.3. The molecule has 0 spiro atoms. The number of carbonyl (C=O) groups is 3. The Bertz CT molecular complexity index is 1470. The molecule has 0 amide bonds. The normalized spacial score (nSPS) is 12.5. The largest absolute Gasteiger partial charge is 0.462 e. The minimum absolute atomic E-state index is 0.0712. The van der Waals surface area contributed by atoms with Gasteiger partial charge >= 0.3 is 17.9 Å². The van der Waals surface area contributed by atoms with E-state index in [1.54, 1.807) is 0 Å². The minimum atomic E-state index is -0.775. The van der Waals surface area contributed by atoms with E-state index in [4.69, 9.17) is 14.2 Å². The van der Waals surface area contributed by atoms with Gasteiger partial charge in [-0.1, -0.05) is 325 Å². The molecule has 0 saturated carbocycles. The summed E-state index contributed by atoms with van der Waals surface area (Å²) in [4.78, 5) is 38.4. The maximum Gasteiger partial charge on any atom is 0.306 e. The first-order valence-electron chi connectivity index (χ1n) is 34.9. The van der Waals surface area contributed by atoms with E-state index in [2.05, 4.69) is 93.7 Å². The Morgan fingerprint density at radius 1 is 0.263 bits per heavy atom. The monoisotopic (exact) mass is 1120 g/mol. The minimum Gasteiger partial charge on any atom is -0.462 e. The highest BCUT2D eigenvalue weighted by Crippen LogP contribution is 2.18. The third-order valence-electron chi connectivity index (χ3n) is 15.4. The zero-order chi connectivity index (χ0) is 57.8. The Morgan fingerprint density at radius 2 is 0.487 bits per heavy atom. The molecular formula is C74H132O6. The number of allylic oxidation sites excluding steroid dienone is 12. The van der Waals surface area contributed by atoms with Gasteiger partial charge in [0, 0.05) is 19.3 Å². The van der Waals surface area contributed by atoms with Gasteiger partial charge in [0.2, 0.25) is 0 Å². The van der Waals surface area contributed by atoms with Crippen LogP contribution in [-0.2, 0) is 28.6 Å². The smallest absolute Gasteiger partial charge is 0.306 e. The molecule has 0 aromatic carbocycles. The third-order valence-corrected chi connectivity index (χ3v) is 15.4. The summed E-state index contributed by atoms with van der Waals surface area (Å²) in [5, 5.41) is 0. The molecule has 0 saturated heterocycles. The number of hydrogen-bond acceptors (Lipinski definition) is 6. The summed E-state index contributed by atoms with van der Waals surface area (Å²) in [5.74, 6) is -0.853. The van der Waals surface area contributed by atoms with Gasteiger partial charge in [0.1, 0.15) is 13.2 Å². The average Bonchev–Trinajstić information content (AvgIpc) is 3.46. The van der Waals surface area contributed by atoms with Gasteiger partial charge in [-0.3, -0.25) is 14.4 Å². The van der Waals surface area contributed by atoms with Gasteiger partial charge in [0.05, 0.1) is 0 Å². The average molecular weight is 1120 g/mol. The van der Waals surface area contributed by atoms with E-state index < -0.39 is 6.10 Å². The molecule has 0 aromatic heterocycles. The summed E-state index contributed by atoms with van der Waals surface area (Å²) in [7, 11) is 0. The fourth-order valence-electron chi connectivity index (χ4n) is 10.2. The second-order valence-electron chi connectivity index (χ2n) is 23.4. The molecule has 0 radical (unpaired) electrons. The molecule has 1 unspecified atom stereocenters. The molecular weight excluding hydrogens is 985 g/mol. The summed E-state index contributed by atoms with van der Waals surface area (Å²) in [6.07, 6.45) is 89.3. The lowest BCUT2D eigenvalue weighted by atomic mass is 10.0. The Hall–Kier alpha value is -3.15. The van der Waals surface area contributed by atoms with Crippen molar-refractivity contribution in [1.29, 1.82) is 0 Å². The number of hydrogen-bond donors (Lipinski definition) is 0. The molecule has 0 aromatic rings. The molecule has 0 N–H and O–H groups in total. The quantitative estimate of drug-likeness (QED) is 0.0261. The van der Waals surface area contributed by atoms with E-state index >= 15 is 0 Å². The molecule has 0 rings (SSSR count). The highest BCUT2D eigenvalue weighted by Gasteiger charge is 2.19. The molecule has 80 heavy (non-hydrogen) atoms. The number of rotatable bonds is 64. The summed E-state index contributed by atoms with van der Waals surface area (Å²) >= 11 is 0. The van der Waals surface area contributed by atoms with Crippen molar-refractivity contribution < 1.29 is 28.6 Å². The fraction of sp³-hybridized carbons (Fsp3) is 0.797. The van der Waals surface area contributed by atoms with Crippen LogP contribution in [-0.4, -0.2) is 37.2 Å². The van der Waals surface area contributed by atoms with E-state index in [1.807, 2.05) is 0 Å². The van der Waals surface area contributed by atoms with Crippen LogP contribution in [0.1, 0.15) is 361 Å². The molecule has 464 valence electrons. The van der Waals surface area contributed by atoms with Crippen LogP contribution in [0.2, 0.25) is 0 Å².